The van der Waals surface area contributed by atoms with Crippen molar-refractivity contribution in [1.29, 1.82) is 0 Å². The monoisotopic (exact) mass is 704 g/mol. The van der Waals surface area contributed by atoms with Gasteiger partial charge in [0.05, 0.1) is 12.7 Å². The number of likely N-dealkylation sites (tertiary alicyclic amines) is 1. The molecule has 1 saturated heterocycles. The molecule has 1 saturated carbocycles. The highest BCUT2D eigenvalue weighted by Gasteiger charge is 2.65. The number of rotatable bonds is 7. The Balaban J connectivity index is 1.84. The molecule has 8 nitrogen and oxygen atoms in total. The van der Waals surface area contributed by atoms with Crippen LogP contribution in [0.1, 0.15) is 64.5 Å². The van der Waals surface area contributed by atoms with Gasteiger partial charge in [0.1, 0.15) is 34.6 Å². The van der Waals surface area contributed by atoms with E-state index in [0.29, 0.717) is 17.0 Å². The van der Waals surface area contributed by atoms with Crippen LogP contribution in [0, 0.1) is 5.82 Å². The third kappa shape index (κ3) is 9.01. The Morgan fingerprint density at radius 3 is 2.17 bits per heavy atom. The van der Waals surface area contributed by atoms with Crippen LogP contribution in [0.25, 0.3) is 0 Å². The lowest BCUT2D eigenvalue weighted by atomic mass is 9.91. The van der Waals surface area contributed by atoms with Crippen LogP contribution in [0.3, 0.4) is 0 Å². The lowest BCUT2D eigenvalue weighted by molar-refractivity contribution is -0.129. The number of anilines is 1. The summed E-state index contributed by atoms with van der Waals surface area (Å²) in [6, 6.07) is -2.90. The molecule has 2 fully saturated rings. The summed E-state index contributed by atoms with van der Waals surface area (Å²) in [4.78, 5) is 43.8. The maximum Gasteiger partial charge on any atom is 0.411 e. The second-order valence-corrected chi connectivity index (χ2v) is 15.0. The van der Waals surface area contributed by atoms with E-state index < -0.39 is 106 Å². The standard InChI is InChI=1S/C29H33F9N4O4S/c1-28(2,3)46-27(45)41-16-19(31)13-23(41)26(44)42(21-4-6-22(7-5-21)47(34,35,36,37)38)24(17-12-18(30)15-39-14-17)25(43)40-20-8-10-29(32,33)11-9-20/h4-7,12,14-15,19-20,23-24H,8-11,13,16H2,1-3H3,(H,40,43)/t19-,23-,24?/m1/s1. The molecule has 1 N–H and O–H groups in total. The third-order valence-electron chi connectivity index (χ3n) is 7.57. The molecule has 1 unspecified atom stereocenters. The average Bonchev–Trinajstić information content (AvgIpc) is 3.32. The molecule has 1 aromatic heterocycles. The Labute approximate surface area is 264 Å². The number of benzene rings is 1. The molecule has 0 radical (unpaired) electrons. The highest BCUT2D eigenvalue weighted by atomic mass is 32.5. The van der Waals surface area contributed by atoms with Gasteiger partial charge < -0.3 is 10.1 Å². The zero-order chi connectivity index (χ0) is 35.2. The number of carbonyl (C=O) groups excluding carboxylic acids is 3. The van der Waals surface area contributed by atoms with E-state index in [-0.39, 0.29) is 30.5 Å². The second-order valence-electron chi connectivity index (χ2n) is 12.6. The smallest absolute Gasteiger partial charge is 0.411 e. The zero-order valence-electron chi connectivity index (χ0n) is 25.4. The average molecular weight is 705 g/mol. The fourth-order valence-electron chi connectivity index (χ4n) is 5.43. The van der Waals surface area contributed by atoms with Gasteiger partial charge in [0.15, 0.2) is 0 Å². The van der Waals surface area contributed by atoms with E-state index in [9.17, 15) is 51.4 Å². The zero-order valence-corrected chi connectivity index (χ0v) is 26.2. The Bertz CT molecular complexity index is 1510. The predicted molar refractivity (Wildman–Crippen MR) is 154 cm³/mol. The predicted octanol–water partition coefficient (Wildman–Crippen LogP) is 7.99. The Morgan fingerprint density at radius 1 is 1.04 bits per heavy atom. The highest BCUT2D eigenvalue weighted by molar-refractivity contribution is 8.45. The van der Waals surface area contributed by atoms with Gasteiger partial charge in [-0.15, -0.1) is 0 Å². The number of carbonyl (C=O) groups is 3. The number of nitrogens with zero attached hydrogens (tertiary/aromatic N) is 3. The van der Waals surface area contributed by atoms with Gasteiger partial charge in [-0.05, 0) is 63.9 Å². The van der Waals surface area contributed by atoms with Gasteiger partial charge in [-0.25, -0.2) is 22.4 Å². The Morgan fingerprint density at radius 2 is 1.64 bits per heavy atom. The van der Waals surface area contributed by atoms with Gasteiger partial charge in [0.25, 0.3) is 5.91 Å². The van der Waals surface area contributed by atoms with E-state index in [1.165, 1.54) is 20.8 Å². The topological polar surface area (TPSA) is 91.8 Å². The SMILES string of the molecule is CC(C)(C)OC(=O)N1C[C@H](F)C[C@@H]1C(=O)N(c1ccc(S(F)(F)(F)(F)F)cc1)C(C(=O)NC1CCC(F)(F)CC1)c1cncc(F)c1. The van der Waals surface area contributed by atoms with Crippen molar-refractivity contribution in [2.24, 2.45) is 0 Å². The van der Waals surface area contributed by atoms with Crippen molar-refractivity contribution in [3.63, 3.8) is 0 Å². The van der Waals surface area contributed by atoms with Gasteiger partial charge in [0.2, 0.25) is 11.8 Å². The molecule has 2 aromatic rings. The Kier molecular flexibility index (Phi) is 9.05. The van der Waals surface area contributed by atoms with E-state index in [2.05, 4.69) is 10.3 Å². The summed E-state index contributed by atoms with van der Waals surface area (Å²) in [5, 5.41) is 2.50. The van der Waals surface area contributed by atoms with E-state index >= 15 is 0 Å². The normalized spacial score (nSPS) is 22.5. The molecule has 262 valence electrons. The number of alkyl halides is 3. The molecule has 47 heavy (non-hydrogen) atoms. The largest absolute Gasteiger partial charge is 0.444 e. The molecule has 3 atom stereocenters. The van der Waals surface area contributed by atoms with Gasteiger partial charge in [-0.2, -0.15) is 0 Å². The molecule has 0 spiro atoms. The van der Waals surface area contributed by atoms with E-state index in [1.807, 2.05) is 0 Å². The lowest BCUT2D eigenvalue weighted by Gasteiger charge is -2.41. The third-order valence-corrected chi connectivity index (χ3v) is 8.74. The minimum atomic E-state index is -10.2. The summed E-state index contributed by atoms with van der Waals surface area (Å²) in [5.41, 5.74) is -2.05. The van der Waals surface area contributed by atoms with Crippen molar-refractivity contribution in [3.05, 3.63) is 54.1 Å². The number of hydrogen-bond acceptors (Lipinski definition) is 5. The summed E-state index contributed by atoms with van der Waals surface area (Å²) in [6.45, 7) is 3.85. The number of pyridine rings is 1. The fraction of sp³-hybridized carbons (Fsp3) is 0.517. The molecule has 3 amide bonds. The van der Waals surface area contributed by atoms with Crippen LogP contribution in [0.5, 0.6) is 0 Å². The summed E-state index contributed by atoms with van der Waals surface area (Å²) >= 11 is 0. The van der Waals surface area contributed by atoms with Crippen molar-refractivity contribution < 1.29 is 56.1 Å². The van der Waals surface area contributed by atoms with Gasteiger partial charge in [-0.1, -0.05) is 19.4 Å². The van der Waals surface area contributed by atoms with Crippen LogP contribution in [-0.2, 0) is 14.3 Å². The number of nitrogens with one attached hydrogen (secondary N) is 1. The van der Waals surface area contributed by atoms with Crippen molar-refractivity contribution in [3.8, 4) is 0 Å². The number of ether oxygens (including phenoxy) is 1. The molecular formula is C29H33F9N4O4S. The second kappa shape index (κ2) is 11.8. The number of aromatic nitrogens is 1. The van der Waals surface area contributed by atoms with Crippen LogP contribution >= 0.6 is 10.2 Å². The van der Waals surface area contributed by atoms with Crippen LogP contribution < -0.4 is 10.2 Å². The van der Waals surface area contributed by atoms with Crippen LogP contribution in [0.15, 0.2) is 47.6 Å². The maximum absolute atomic E-state index is 14.8. The van der Waals surface area contributed by atoms with Crippen molar-refractivity contribution in [2.75, 3.05) is 11.4 Å². The van der Waals surface area contributed by atoms with Crippen molar-refractivity contribution in [2.45, 2.75) is 93.6 Å². The molecule has 2 aliphatic rings. The van der Waals surface area contributed by atoms with E-state index in [1.54, 1.807) is 0 Å². The van der Waals surface area contributed by atoms with Crippen LogP contribution in [-0.4, -0.2) is 64.1 Å². The number of hydrogen-bond donors (Lipinski definition) is 1. The Hall–Kier alpha value is -3.70. The first kappa shape index (κ1) is 36.1. The minimum absolute atomic E-state index is 0.0164. The first-order chi connectivity index (χ1) is 21.3. The van der Waals surface area contributed by atoms with Crippen molar-refractivity contribution in [1.82, 2.24) is 15.2 Å². The first-order valence-corrected chi connectivity index (χ1v) is 16.4. The summed E-state index contributed by atoms with van der Waals surface area (Å²) in [7, 11) is -10.2. The lowest BCUT2D eigenvalue weighted by Crippen LogP contribution is -2.54. The number of amides is 3. The minimum Gasteiger partial charge on any atom is -0.444 e. The highest BCUT2D eigenvalue weighted by Crippen LogP contribution is 3.02. The number of halogens is 9. The molecule has 1 aliphatic heterocycles. The van der Waals surface area contributed by atoms with Gasteiger partial charge in [0, 0.05) is 42.8 Å². The van der Waals surface area contributed by atoms with Gasteiger partial charge in [-0.3, -0.25) is 24.4 Å². The molecule has 18 heteroatoms. The van der Waals surface area contributed by atoms with Crippen LogP contribution in [0.4, 0.5) is 47.5 Å². The fourth-order valence-corrected chi connectivity index (χ4v) is 6.08. The summed E-state index contributed by atoms with van der Waals surface area (Å²) in [5.74, 6) is -6.37. The van der Waals surface area contributed by atoms with Crippen LogP contribution in [0.2, 0.25) is 0 Å². The molecular weight excluding hydrogens is 671 g/mol. The van der Waals surface area contributed by atoms with E-state index in [4.69, 9.17) is 4.74 Å². The van der Waals surface area contributed by atoms with Gasteiger partial charge >= 0.3 is 16.3 Å². The van der Waals surface area contributed by atoms with Crippen molar-refractivity contribution >= 4 is 33.8 Å². The summed E-state index contributed by atoms with van der Waals surface area (Å²) < 4.78 is 130. The van der Waals surface area contributed by atoms with E-state index in [0.717, 1.165) is 23.4 Å². The quantitative estimate of drug-likeness (QED) is 0.295. The maximum atomic E-state index is 14.8. The first-order valence-electron chi connectivity index (χ1n) is 14.4. The molecule has 4 rings (SSSR count). The summed E-state index contributed by atoms with van der Waals surface area (Å²) in [6.07, 6.45) is -3.46. The molecule has 1 aliphatic carbocycles. The molecule has 0 bridgehead atoms. The molecule has 1 aromatic carbocycles. The molecule has 2 heterocycles.